The van der Waals surface area contributed by atoms with Crippen LogP contribution >= 0.6 is 0 Å². The second kappa shape index (κ2) is 1.94. The van der Waals surface area contributed by atoms with E-state index >= 15 is 0 Å². The first-order valence-electron chi connectivity index (χ1n) is 3.30. The summed E-state index contributed by atoms with van der Waals surface area (Å²) in [6.45, 7) is -0.521. The van der Waals surface area contributed by atoms with Crippen molar-refractivity contribution in [3.05, 3.63) is 29.8 Å². The van der Waals surface area contributed by atoms with E-state index in [-0.39, 0.29) is 5.56 Å². The molecule has 0 aliphatic carbocycles. The van der Waals surface area contributed by atoms with Gasteiger partial charge in [0.2, 0.25) is 0 Å². The van der Waals surface area contributed by atoms with Gasteiger partial charge in [0.1, 0.15) is 5.75 Å². The molecule has 1 aromatic carbocycles. The molecular weight excluding hydrogens is 150 g/mol. The SMILES string of the molecule is FC1(F)COc2ccccc21. The summed E-state index contributed by atoms with van der Waals surface area (Å²) < 4.78 is 30.4. The summed E-state index contributed by atoms with van der Waals surface area (Å²) >= 11 is 0. The third-order valence-corrected chi connectivity index (χ3v) is 1.69. The maximum absolute atomic E-state index is 12.8. The van der Waals surface area contributed by atoms with E-state index in [9.17, 15) is 8.78 Å². The van der Waals surface area contributed by atoms with E-state index in [4.69, 9.17) is 4.74 Å². The minimum absolute atomic E-state index is 0.000000000000000444. The summed E-state index contributed by atoms with van der Waals surface area (Å²) in [5, 5.41) is 0. The Bertz CT molecular complexity index is 283. The molecule has 0 aromatic heterocycles. The number of hydrogen-bond donors (Lipinski definition) is 0. The monoisotopic (exact) mass is 156 g/mol. The van der Waals surface area contributed by atoms with Gasteiger partial charge in [-0.25, -0.2) is 0 Å². The molecule has 1 heterocycles. The van der Waals surface area contributed by atoms with Crippen molar-refractivity contribution in [3.8, 4) is 5.75 Å². The smallest absolute Gasteiger partial charge is 0.310 e. The molecule has 2 rings (SSSR count). The van der Waals surface area contributed by atoms with Crippen molar-refractivity contribution in [1.82, 2.24) is 0 Å². The van der Waals surface area contributed by atoms with Gasteiger partial charge in [-0.3, -0.25) is 0 Å². The van der Waals surface area contributed by atoms with Crippen LogP contribution in [0.15, 0.2) is 24.3 Å². The van der Waals surface area contributed by atoms with E-state index in [0.717, 1.165) is 0 Å². The zero-order valence-electron chi connectivity index (χ0n) is 5.68. The van der Waals surface area contributed by atoms with Crippen LogP contribution in [0, 0.1) is 0 Å². The first-order chi connectivity index (χ1) is 5.20. The van der Waals surface area contributed by atoms with E-state index in [1.165, 1.54) is 6.07 Å². The van der Waals surface area contributed by atoms with Gasteiger partial charge in [0.25, 0.3) is 0 Å². The van der Waals surface area contributed by atoms with E-state index in [0.29, 0.717) is 5.75 Å². The van der Waals surface area contributed by atoms with Gasteiger partial charge in [-0.05, 0) is 12.1 Å². The Morgan fingerprint density at radius 1 is 1.27 bits per heavy atom. The summed E-state index contributed by atoms with van der Waals surface area (Å²) in [5.41, 5.74) is 0.000000000000000444. The summed E-state index contributed by atoms with van der Waals surface area (Å²) in [6, 6.07) is 6.21. The Morgan fingerprint density at radius 3 is 2.73 bits per heavy atom. The molecule has 0 saturated carbocycles. The van der Waals surface area contributed by atoms with Gasteiger partial charge < -0.3 is 4.74 Å². The molecule has 1 aromatic rings. The van der Waals surface area contributed by atoms with Crippen LogP contribution in [-0.2, 0) is 5.92 Å². The fourth-order valence-corrected chi connectivity index (χ4v) is 1.14. The summed E-state index contributed by atoms with van der Waals surface area (Å²) in [6.07, 6.45) is 0. The van der Waals surface area contributed by atoms with Gasteiger partial charge in [0, 0.05) is 0 Å². The average Bonchev–Trinajstić information content (AvgIpc) is 2.29. The molecule has 0 spiro atoms. The fraction of sp³-hybridized carbons (Fsp3) is 0.250. The number of ether oxygens (including phenoxy) is 1. The lowest BCUT2D eigenvalue weighted by Gasteiger charge is -2.04. The molecule has 1 nitrogen and oxygen atoms in total. The first-order valence-corrected chi connectivity index (χ1v) is 3.30. The lowest BCUT2D eigenvalue weighted by molar-refractivity contribution is -0.0213. The molecule has 11 heavy (non-hydrogen) atoms. The highest BCUT2D eigenvalue weighted by atomic mass is 19.3. The zero-order chi connectivity index (χ0) is 7.90. The van der Waals surface area contributed by atoms with Crippen molar-refractivity contribution in [2.24, 2.45) is 0 Å². The second-order valence-electron chi connectivity index (χ2n) is 2.49. The maximum atomic E-state index is 12.8. The first kappa shape index (κ1) is 6.58. The average molecular weight is 156 g/mol. The molecule has 0 unspecified atom stereocenters. The number of alkyl halides is 2. The van der Waals surface area contributed by atoms with Crippen molar-refractivity contribution in [3.63, 3.8) is 0 Å². The molecule has 0 N–H and O–H groups in total. The highest BCUT2D eigenvalue weighted by Crippen LogP contribution is 2.40. The largest absolute Gasteiger partial charge is 0.486 e. The topological polar surface area (TPSA) is 9.23 Å². The van der Waals surface area contributed by atoms with E-state index < -0.39 is 12.5 Å². The van der Waals surface area contributed by atoms with Crippen LogP contribution < -0.4 is 4.74 Å². The van der Waals surface area contributed by atoms with Gasteiger partial charge in [-0.2, -0.15) is 8.78 Å². The molecule has 0 amide bonds. The number of para-hydroxylation sites is 1. The molecular formula is C8H6F2O. The quantitative estimate of drug-likeness (QED) is 0.559. The lowest BCUT2D eigenvalue weighted by atomic mass is 10.1. The van der Waals surface area contributed by atoms with Gasteiger partial charge in [0.05, 0.1) is 5.56 Å². The Morgan fingerprint density at radius 2 is 2.00 bits per heavy atom. The minimum atomic E-state index is -2.80. The minimum Gasteiger partial charge on any atom is -0.486 e. The molecule has 0 radical (unpaired) electrons. The molecule has 0 fully saturated rings. The number of rotatable bonds is 0. The molecule has 1 aliphatic heterocycles. The van der Waals surface area contributed by atoms with E-state index in [2.05, 4.69) is 0 Å². The van der Waals surface area contributed by atoms with Crippen molar-refractivity contribution < 1.29 is 13.5 Å². The van der Waals surface area contributed by atoms with Gasteiger partial charge in [-0.15, -0.1) is 0 Å². The number of halogens is 2. The summed E-state index contributed by atoms with van der Waals surface area (Å²) in [7, 11) is 0. The Labute approximate surface area is 62.6 Å². The predicted octanol–water partition coefficient (Wildman–Crippen LogP) is 2.17. The number of fused-ring (bicyclic) bond motifs is 1. The standard InChI is InChI=1S/C8H6F2O/c9-8(10)5-11-7-4-2-1-3-6(7)8/h1-4H,5H2. The van der Waals surface area contributed by atoms with Crippen LogP contribution in [0.3, 0.4) is 0 Å². The Balaban J connectivity index is 2.56. The van der Waals surface area contributed by atoms with Crippen molar-refractivity contribution in [1.29, 1.82) is 0 Å². The highest BCUT2D eigenvalue weighted by molar-refractivity contribution is 5.39. The molecule has 0 saturated heterocycles. The molecule has 1 aliphatic rings. The molecule has 3 heteroatoms. The summed E-state index contributed by atoms with van der Waals surface area (Å²) in [4.78, 5) is 0. The van der Waals surface area contributed by atoms with Crippen LogP contribution in [-0.4, -0.2) is 6.61 Å². The summed E-state index contributed by atoms with van der Waals surface area (Å²) in [5.74, 6) is -2.49. The molecule has 0 atom stereocenters. The zero-order valence-corrected chi connectivity index (χ0v) is 5.68. The number of hydrogen-bond acceptors (Lipinski definition) is 1. The van der Waals surface area contributed by atoms with Crippen LogP contribution in [0.2, 0.25) is 0 Å². The van der Waals surface area contributed by atoms with E-state index in [1.807, 2.05) is 0 Å². The van der Waals surface area contributed by atoms with Crippen molar-refractivity contribution >= 4 is 0 Å². The highest BCUT2D eigenvalue weighted by Gasteiger charge is 2.40. The van der Waals surface area contributed by atoms with Crippen LogP contribution in [0.25, 0.3) is 0 Å². The van der Waals surface area contributed by atoms with E-state index in [1.54, 1.807) is 18.2 Å². The predicted molar refractivity (Wildman–Crippen MR) is 35.8 cm³/mol. The third kappa shape index (κ3) is 0.878. The van der Waals surface area contributed by atoms with Gasteiger partial charge in [0.15, 0.2) is 6.61 Å². The third-order valence-electron chi connectivity index (χ3n) is 1.69. The van der Waals surface area contributed by atoms with Crippen molar-refractivity contribution in [2.75, 3.05) is 6.61 Å². The molecule has 58 valence electrons. The van der Waals surface area contributed by atoms with Crippen molar-refractivity contribution in [2.45, 2.75) is 5.92 Å². The van der Waals surface area contributed by atoms with Crippen LogP contribution in [0.5, 0.6) is 5.75 Å². The van der Waals surface area contributed by atoms with Crippen LogP contribution in [0.4, 0.5) is 8.78 Å². The molecule has 0 bridgehead atoms. The van der Waals surface area contributed by atoms with Crippen LogP contribution in [0.1, 0.15) is 5.56 Å². The fourth-order valence-electron chi connectivity index (χ4n) is 1.14. The van der Waals surface area contributed by atoms with Gasteiger partial charge in [-0.1, -0.05) is 12.1 Å². The normalized spacial score (nSPS) is 19.1. The second-order valence-corrected chi connectivity index (χ2v) is 2.49. The Hall–Kier alpha value is -1.12. The Kier molecular flexibility index (Phi) is 1.16. The maximum Gasteiger partial charge on any atom is 0.310 e. The number of benzene rings is 1. The van der Waals surface area contributed by atoms with Gasteiger partial charge >= 0.3 is 5.92 Å². The lowest BCUT2D eigenvalue weighted by Crippen LogP contribution is -2.14.